The predicted molar refractivity (Wildman–Crippen MR) is 177 cm³/mol. The molecule has 0 amide bonds. The van der Waals surface area contributed by atoms with E-state index < -0.39 is 7.92 Å². The molecular weight excluding hydrogens is 503 g/mol. The number of rotatable bonds is 9. The summed E-state index contributed by atoms with van der Waals surface area (Å²) in [6.45, 7) is 9.03. The van der Waals surface area contributed by atoms with E-state index >= 15 is 0 Å². The Morgan fingerprint density at radius 2 is 1.10 bits per heavy atom. The number of hydrogen-bond acceptors (Lipinski definition) is 2. The molecule has 200 valence electrons. The molecule has 0 saturated carbocycles. The molecular formula is C37H37N2P. The van der Waals surface area contributed by atoms with Crippen molar-refractivity contribution in [2.45, 2.75) is 39.5 Å². The van der Waals surface area contributed by atoms with Gasteiger partial charge in [0.1, 0.15) is 0 Å². The molecule has 0 radical (unpaired) electrons. The zero-order chi connectivity index (χ0) is 27.9. The van der Waals surface area contributed by atoms with Gasteiger partial charge in [-0.3, -0.25) is 4.99 Å². The van der Waals surface area contributed by atoms with Crippen LogP contribution in [0.15, 0.2) is 132 Å². The van der Waals surface area contributed by atoms with Crippen LogP contribution in [0.5, 0.6) is 0 Å². The molecule has 5 aromatic carbocycles. The Morgan fingerprint density at radius 3 is 1.70 bits per heavy atom. The van der Waals surface area contributed by atoms with Gasteiger partial charge in [0, 0.05) is 28.5 Å². The molecule has 0 saturated heterocycles. The van der Waals surface area contributed by atoms with Gasteiger partial charge in [-0.25, -0.2) is 0 Å². The van der Waals surface area contributed by atoms with Crippen LogP contribution in [-0.2, 0) is 0 Å². The van der Waals surface area contributed by atoms with Crippen LogP contribution < -0.4 is 21.2 Å². The van der Waals surface area contributed by atoms with Crippen LogP contribution in [0, 0.1) is 0 Å². The highest BCUT2D eigenvalue weighted by atomic mass is 31.1. The van der Waals surface area contributed by atoms with Crippen LogP contribution >= 0.6 is 7.92 Å². The molecule has 0 aliphatic heterocycles. The fraction of sp³-hybridized carbons (Fsp3) is 0.162. The predicted octanol–water partition coefficient (Wildman–Crippen LogP) is 9.19. The minimum atomic E-state index is -0.747. The number of nitrogens with one attached hydrogen (secondary N) is 1. The molecule has 0 fully saturated rings. The third kappa shape index (κ3) is 6.24. The first kappa shape index (κ1) is 27.6. The highest BCUT2D eigenvalue weighted by Gasteiger charge is 2.19. The van der Waals surface area contributed by atoms with E-state index in [4.69, 9.17) is 4.99 Å². The van der Waals surface area contributed by atoms with E-state index in [0.29, 0.717) is 11.8 Å². The van der Waals surface area contributed by atoms with Gasteiger partial charge in [0.15, 0.2) is 0 Å². The van der Waals surface area contributed by atoms with Crippen LogP contribution in [-0.4, -0.2) is 6.21 Å². The zero-order valence-electron chi connectivity index (χ0n) is 23.8. The van der Waals surface area contributed by atoms with Crippen LogP contribution in [0.25, 0.3) is 0 Å². The van der Waals surface area contributed by atoms with Gasteiger partial charge in [-0.05, 0) is 53.6 Å². The molecule has 5 aromatic rings. The number of hydrogen-bond donors (Lipinski definition) is 1. The normalized spacial score (nSPS) is 11.6. The smallest absolute Gasteiger partial charge is 0.0713 e. The second kappa shape index (κ2) is 12.9. The van der Waals surface area contributed by atoms with Gasteiger partial charge in [0.05, 0.1) is 5.69 Å². The topological polar surface area (TPSA) is 24.4 Å². The van der Waals surface area contributed by atoms with E-state index in [2.05, 4.69) is 160 Å². The maximum Gasteiger partial charge on any atom is 0.0713 e. The number of para-hydroxylation sites is 3. The minimum absolute atomic E-state index is 0.420. The molecule has 0 aromatic heterocycles. The SMILES string of the molecule is CC(C)c1cccc(C(C)C)c1Nc1ccccc1C=Nc1ccccc1P(c1ccccc1)c1ccccc1. The second-order valence-electron chi connectivity index (χ2n) is 10.6. The van der Waals surface area contributed by atoms with Gasteiger partial charge in [-0.1, -0.05) is 143 Å². The van der Waals surface area contributed by atoms with Crippen LogP contribution in [0.2, 0.25) is 0 Å². The summed E-state index contributed by atoms with van der Waals surface area (Å²) in [4.78, 5) is 5.12. The van der Waals surface area contributed by atoms with Crippen molar-refractivity contribution in [1.82, 2.24) is 0 Å². The standard InChI is InChI=1S/C37H37N2P/c1-27(2)32-21-15-22-33(28(3)4)37(32)39-34-23-12-11-16-29(34)26-38-35-24-13-14-25-36(35)40(30-17-7-5-8-18-30)31-19-9-6-10-20-31/h5-28,39H,1-4H3. The van der Waals surface area contributed by atoms with E-state index in [1.807, 2.05) is 6.21 Å². The van der Waals surface area contributed by atoms with Crippen molar-refractivity contribution in [3.63, 3.8) is 0 Å². The number of anilines is 2. The molecule has 0 heterocycles. The maximum atomic E-state index is 5.12. The van der Waals surface area contributed by atoms with Gasteiger partial charge in [-0.15, -0.1) is 0 Å². The highest BCUT2D eigenvalue weighted by molar-refractivity contribution is 7.80. The summed E-state index contributed by atoms with van der Waals surface area (Å²) in [5, 5.41) is 7.70. The number of aliphatic imine (C=N–C) groups is 1. The summed E-state index contributed by atoms with van der Waals surface area (Å²) in [7, 11) is -0.747. The molecule has 5 rings (SSSR count). The summed E-state index contributed by atoms with van der Waals surface area (Å²) in [5.74, 6) is 0.841. The Balaban J connectivity index is 1.55. The lowest BCUT2D eigenvalue weighted by Gasteiger charge is -2.22. The average molecular weight is 541 g/mol. The van der Waals surface area contributed by atoms with Crippen molar-refractivity contribution in [3.05, 3.63) is 144 Å². The highest BCUT2D eigenvalue weighted by Crippen LogP contribution is 2.37. The maximum absolute atomic E-state index is 5.12. The van der Waals surface area contributed by atoms with Crippen molar-refractivity contribution in [2.24, 2.45) is 4.99 Å². The van der Waals surface area contributed by atoms with Crippen molar-refractivity contribution in [2.75, 3.05) is 5.32 Å². The van der Waals surface area contributed by atoms with Gasteiger partial charge < -0.3 is 5.32 Å². The molecule has 0 bridgehead atoms. The first-order valence-corrected chi connectivity index (χ1v) is 15.4. The van der Waals surface area contributed by atoms with E-state index in [1.165, 1.54) is 32.7 Å². The van der Waals surface area contributed by atoms with Crippen molar-refractivity contribution in [1.29, 1.82) is 0 Å². The lowest BCUT2D eigenvalue weighted by atomic mass is 9.92. The van der Waals surface area contributed by atoms with E-state index in [-0.39, 0.29) is 0 Å². The van der Waals surface area contributed by atoms with E-state index in [1.54, 1.807) is 0 Å². The minimum Gasteiger partial charge on any atom is -0.355 e. The van der Waals surface area contributed by atoms with Crippen molar-refractivity contribution in [3.8, 4) is 0 Å². The monoisotopic (exact) mass is 540 g/mol. The van der Waals surface area contributed by atoms with Crippen LogP contribution in [0.4, 0.5) is 17.1 Å². The lowest BCUT2D eigenvalue weighted by molar-refractivity contribution is 0.838. The first-order chi connectivity index (χ1) is 19.5. The Bertz CT molecular complexity index is 1510. The fourth-order valence-electron chi connectivity index (χ4n) is 5.04. The Hall–Kier alpha value is -4.00. The summed E-state index contributed by atoms with van der Waals surface area (Å²) in [6, 6.07) is 45.3. The summed E-state index contributed by atoms with van der Waals surface area (Å²) < 4.78 is 0. The van der Waals surface area contributed by atoms with Crippen molar-refractivity contribution >= 4 is 47.1 Å². The van der Waals surface area contributed by atoms with Crippen LogP contribution in [0.3, 0.4) is 0 Å². The molecule has 1 N–H and O–H groups in total. The number of benzene rings is 5. The molecule has 0 unspecified atom stereocenters. The summed E-state index contributed by atoms with van der Waals surface area (Å²) in [6.07, 6.45) is 2.01. The molecule has 0 spiro atoms. The summed E-state index contributed by atoms with van der Waals surface area (Å²) >= 11 is 0. The molecule has 0 aliphatic carbocycles. The summed E-state index contributed by atoms with van der Waals surface area (Å²) in [5.41, 5.74) is 7.01. The Labute approximate surface area is 240 Å². The Kier molecular flexibility index (Phi) is 8.89. The van der Waals surface area contributed by atoms with Gasteiger partial charge in [0.2, 0.25) is 0 Å². The lowest BCUT2D eigenvalue weighted by Crippen LogP contribution is -2.20. The molecule has 3 heteroatoms. The zero-order valence-corrected chi connectivity index (χ0v) is 24.6. The molecule has 2 nitrogen and oxygen atoms in total. The van der Waals surface area contributed by atoms with E-state index in [9.17, 15) is 0 Å². The third-order valence-electron chi connectivity index (χ3n) is 7.09. The van der Waals surface area contributed by atoms with Crippen molar-refractivity contribution < 1.29 is 0 Å². The fourth-order valence-corrected chi connectivity index (χ4v) is 7.43. The van der Waals surface area contributed by atoms with Gasteiger partial charge >= 0.3 is 0 Å². The Morgan fingerprint density at radius 1 is 0.575 bits per heavy atom. The van der Waals surface area contributed by atoms with E-state index in [0.717, 1.165) is 16.9 Å². The quantitative estimate of drug-likeness (QED) is 0.146. The second-order valence-corrected chi connectivity index (χ2v) is 12.8. The third-order valence-corrected chi connectivity index (χ3v) is 9.58. The number of nitrogens with zero attached hydrogens (tertiary/aromatic N) is 1. The molecule has 40 heavy (non-hydrogen) atoms. The van der Waals surface area contributed by atoms with Gasteiger partial charge in [-0.2, -0.15) is 0 Å². The molecule has 0 atom stereocenters. The first-order valence-electron chi connectivity index (χ1n) is 14.0. The largest absolute Gasteiger partial charge is 0.355 e. The van der Waals surface area contributed by atoms with Crippen LogP contribution in [0.1, 0.15) is 56.2 Å². The average Bonchev–Trinajstić information content (AvgIpc) is 2.98. The molecule has 0 aliphatic rings. The van der Waals surface area contributed by atoms with Gasteiger partial charge in [0.25, 0.3) is 0 Å².